The topological polar surface area (TPSA) is 94.5 Å². The van der Waals surface area contributed by atoms with Gasteiger partial charge in [-0.1, -0.05) is 41.9 Å². The van der Waals surface area contributed by atoms with Gasteiger partial charge < -0.3 is 20.1 Å². The average Bonchev–Trinajstić information content (AvgIpc) is 2.73. The Kier molecular flexibility index (Phi) is 7.02. The van der Waals surface area contributed by atoms with Crippen molar-refractivity contribution in [2.24, 2.45) is 0 Å². The molecule has 1 saturated heterocycles. The maximum atomic E-state index is 12.7. The van der Waals surface area contributed by atoms with Crippen LogP contribution < -0.4 is 16.2 Å². The largest absolute Gasteiger partial charge is 0.459 e. The van der Waals surface area contributed by atoms with Crippen molar-refractivity contribution in [1.82, 2.24) is 14.9 Å². The van der Waals surface area contributed by atoms with E-state index in [0.717, 1.165) is 12.1 Å². The molecule has 0 aliphatic carbocycles. The number of anilines is 1. The molecule has 0 bridgehead atoms. The van der Waals surface area contributed by atoms with Crippen molar-refractivity contribution in [3.05, 3.63) is 57.1 Å². The normalized spacial score (nSPS) is 16.6. The van der Waals surface area contributed by atoms with Gasteiger partial charge in [0, 0.05) is 19.6 Å². The van der Waals surface area contributed by atoms with Gasteiger partial charge in [0.25, 0.3) is 5.56 Å². The van der Waals surface area contributed by atoms with Crippen molar-refractivity contribution >= 4 is 23.4 Å². The molecule has 1 aromatic heterocycles. The van der Waals surface area contributed by atoms with Crippen LogP contribution in [0.1, 0.15) is 11.3 Å². The number of aromatic nitrogens is 2. The highest BCUT2D eigenvalue weighted by atomic mass is 35.5. The Labute approximate surface area is 167 Å². The molecule has 1 aliphatic rings. The first-order valence-electron chi connectivity index (χ1n) is 9.07. The van der Waals surface area contributed by atoms with Gasteiger partial charge in [-0.15, -0.1) is 0 Å². The summed E-state index contributed by atoms with van der Waals surface area (Å²) in [6, 6.07) is 9.33. The third-order valence-corrected chi connectivity index (χ3v) is 4.75. The van der Waals surface area contributed by atoms with Crippen LogP contribution in [0.25, 0.3) is 0 Å². The number of nitrogens with zero attached hydrogens (tertiary/aromatic N) is 2. The van der Waals surface area contributed by atoms with Crippen molar-refractivity contribution in [2.45, 2.75) is 26.2 Å². The Morgan fingerprint density at radius 1 is 1.43 bits per heavy atom. The molecule has 8 nitrogen and oxygen atoms in total. The summed E-state index contributed by atoms with van der Waals surface area (Å²) < 4.78 is 12.1. The van der Waals surface area contributed by atoms with Gasteiger partial charge in [0.05, 0.1) is 18.4 Å². The summed E-state index contributed by atoms with van der Waals surface area (Å²) in [5.74, 6) is -0.442. The number of halogens is 1. The Morgan fingerprint density at radius 2 is 2.21 bits per heavy atom. The third-order valence-electron chi connectivity index (χ3n) is 4.39. The number of carbonyl (C=O) groups is 1. The molecule has 1 aliphatic heterocycles. The lowest BCUT2D eigenvalue weighted by Crippen LogP contribution is -2.43. The number of hydrogen-bond donors (Lipinski definition) is 2. The fourth-order valence-electron chi connectivity index (χ4n) is 2.80. The summed E-state index contributed by atoms with van der Waals surface area (Å²) in [6.07, 6.45) is -0.0701. The van der Waals surface area contributed by atoms with Crippen LogP contribution in [0, 0.1) is 6.92 Å². The van der Waals surface area contributed by atoms with Crippen LogP contribution in [-0.4, -0.2) is 47.9 Å². The molecule has 0 saturated carbocycles. The molecular formula is C19H23ClN4O4. The highest BCUT2D eigenvalue weighted by Gasteiger charge is 2.18. The monoisotopic (exact) mass is 406 g/mol. The van der Waals surface area contributed by atoms with Crippen LogP contribution in [-0.2, 0) is 27.4 Å². The van der Waals surface area contributed by atoms with Gasteiger partial charge in [-0.25, -0.2) is 4.98 Å². The maximum absolute atomic E-state index is 12.7. The van der Waals surface area contributed by atoms with Crippen molar-refractivity contribution in [3.8, 4) is 0 Å². The van der Waals surface area contributed by atoms with E-state index in [-0.39, 0.29) is 30.2 Å². The summed E-state index contributed by atoms with van der Waals surface area (Å²) in [6.45, 7) is 4.06. The molecule has 1 fully saturated rings. The van der Waals surface area contributed by atoms with Crippen molar-refractivity contribution in [1.29, 1.82) is 0 Å². The van der Waals surface area contributed by atoms with Gasteiger partial charge in [0.15, 0.2) is 11.0 Å². The fourth-order valence-corrected chi connectivity index (χ4v) is 2.98. The molecule has 0 spiro atoms. The quantitative estimate of drug-likeness (QED) is 0.670. The molecule has 1 atom stereocenters. The summed E-state index contributed by atoms with van der Waals surface area (Å²) in [7, 11) is 0. The number of morpholine rings is 1. The molecule has 3 rings (SSSR count). The number of ether oxygens (including phenoxy) is 2. The lowest BCUT2D eigenvalue weighted by atomic mass is 10.2. The molecule has 9 heteroatoms. The van der Waals surface area contributed by atoms with Gasteiger partial charge in [0.2, 0.25) is 0 Å². The van der Waals surface area contributed by atoms with Gasteiger partial charge >= 0.3 is 5.97 Å². The predicted molar refractivity (Wildman–Crippen MR) is 106 cm³/mol. The van der Waals surface area contributed by atoms with Crippen LogP contribution in [0.15, 0.2) is 35.1 Å². The molecule has 2 N–H and O–H groups in total. The van der Waals surface area contributed by atoms with Crippen LogP contribution in [0.2, 0.25) is 5.15 Å². The van der Waals surface area contributed by atoms with E-state index in [9.17, 15) is 9.59 Å². The minimum absolute atomic E-state index is 0.0701. The predicted octanol–water partition coefficient (Wildman–Crippen LogP) is 1.35. The Morgan fingerprint density at radius 3 is 2.93 bits per heavy atom. The summed E-state index contributed by atoms with van der Waals surface area (Å²) in [5.41, 5.74) is 0.850. The van der Waals surface area contributed by atoms with E-state index >= 15 is 0 Å². The van der Waals surface area contributed by atoms with E-state index < -0.39 is 11.5 Å². The highest BCUT2D eigenvalue weighted by Crippen LogP contribution is 2.13. The molecule has 1 aromatic carbocycles. The zero-order valence-electron chi connectivity index (χ0n) is 15.6. The van der Waals surface area contributed by atoms with Gasteiger partial charge in [0.1, 0.15) is 13.2 Å². The van der Waals surface area contributed by atoms with Gasteiger partial charge in [-0.3, -0.25) is 14.2 Å². The van der Waals surface area contributed by atoms with E-state index in [1.165, 1.54) is 4.57 Å². The van der Waals surface area contributed by atoms with E-state index in [2.05, 4.69) is 15.6 Å². The van der Waals surface area contributed by atoms with Crippen molar-refractivity contribution < 1.29 is 14.3 Å². The minimum atomic E-state index is -0.526. The Hall–Kier alpha value is -2.42. The number of benzene rings is 1. The van der Waals surface area contributed by atoms with Crippen LogP contribution in [0.5, 0.6) is 0 Å². The molecule has 1 unspecified atom stereocenters. The van der Waals surface area contributed by atoms with Gasteiger partial charge in [-0.05, 0) is 12.5 Å². The number of rotatable bonds is 7. The van der Waals surface area contributed by atoms with E-state index in [1.807, 2.05) is 30.3 Å². The first-order chi connectivity index (χ1) is 13.5. The summed E-state index contributed by atoms with van der Waals surface area (Å²) in [5, 5.41) is 6.34. The standard InChI is InChI=1S/C19H23ClN4O4/c1-13-17(20)23-18(22-10-15-9-21-7-8-27-15)19(26)24(13)11-16(25)28-12-14-5-3-2-4-6-14/h2-6,15,21H,7-12H2,1H3,(H,22,23). The first kappa shape index (κ1) is 20.3. The molecule has 0 radical (unpaired) electrons. The first-order valence-corrected chi connectivity index (χ1v) is 9.45. The summed E-state index contributed by atoms with van der Waals surface area (Å²) >= 11 is 6.16. The van der Waals surface area contributed by atoms with E-state index in [1.54, 1.807) is 6.92 Å². The molecule has 2 heterocycles. The second-order valence-corrected chi connectivity index (χ2v) is 6.81. The average molecular weight is 407 g/mol. The number of carbonyl (C=O) groups excluding carboxylic acids is 1. The van der Waals surface area contributed by atoms with Crippen LogP contribution in [0.4, 0.5) is 5.82 Å². The lowest BCUT2D eigenvalue weighted by molar-refractivity contribution is -0.145. The lowest BCUT2D eigenvalue weighted by Gasteiger charge is -2.24. The van der Waals surface area contributed by atoms with Crippen LogP contribution in [0.3, 0.4) is 0 Å². The van der Waals surface area contributed by atoms with E-state index in [0.29, 0.717) is 25.4 Å². The molecule has 0 amide bonds. The highest BCUT2D eigenvalue weighted by molar-refractivity contribution is 6.30. The maximum Gasteiger partial charge on any atom is 0.326 e. The fraction of sp³-hybridized carbons (Fsp3) is 0.421. The SMILES string of the molecule is Cc1c(Cl)nc(NCC2CNCCO2)c(=O)n1CC(=O)OCc1ccccc1. The molecule has 2 aromatic rings. The van der Waals surface area contributed by atoms with E-state index in [4.69, 9.17) is 21.1 Å². The number of nitrogens with one attached hydrogen (secondary N) is 2. The zero-order valence-corrected chi connectivity index (χ0v) is 16.4. The van der Waals surface area contributed by atoms with Crippen molar-refractivity contribution in [2.75, 3.05) is 31.6 Å². The smallest absolute Gasteiger partial charge is 0.326 e. The third kappa shape index (κ3) is 5.31. The van der Waals surface area contributed by atoms with Gasteiger partial charge in [-0.2, -0.15) is 0 Å². The second kappa shape index (κ2) is 9.68. The number of hydrogen-bond acceptors (Lipinski definition) is 7. The second-order valence-electron chi connectivity index (χ2n) is 6.45. The Bertz CT molecular complexity index is 866. The summed E-state index contributed by atoms with van der Waals surface area (Å²) in [4.78, 5) is 29.1. The van der Waals surface area contributed by atoms with Crippen LogP contribution >= 0.6 is 11.6 Å². The molecule has 150 valence electrons. The Balaban J connectivity index is 1.66. The number of esters is 1. The molecule has 28 heavy (non-hydrogen) atoms. The van der Waals surface area contributed by atoms with Crippen molar-refractivity contribution in [3.63, 3.8) is 0 Å². The molecular weight excluding hydrogens is 384 g/mol. The minimum Gasteiger partial charge on any atom is -0.459 e. The zero-order chi connectivity index (χ0) is 19.9.